The van der Waals surface area contributed by atoms with Gasteiger partial charge in [0.25, 0.3) is 0 Å². The molecule has 8 aromatic carbocycles. The molecule has 0 amide bonds. The van der Waals surface area contributed by atoms with Crippen LogP contribution in [-0.4, -0.2) is 0 Å². The fourth-order valence-corrected chi connectivity index (χ4v) is 8.34. The Morgan fingerprint density at radius 3 is 1.35 bits per heavy atom. The Kier molecular flexibility index (Phi) is 6.75. The monoisotopic (exact) mass is 651 g/mol. The number of hydrogen-bond donors (Lipinski definition) is 0. The third-order valence-electron chi connectivity index (χ3n) is 10.5. The number of anilines is 3. The highest BCUT2D eigenvalue weighted by molar-refractivity contribution is 5.91. The summed E-state index contributed by atoms with van der Waals surface area (Å²) in [7, 11) is 0. The topological polar surface area (TPSA) is 12.5 Å². The van der Waals surface area contributed by atoms with E-state index < -0.39 is 5.41 Å². The smallest absolute Gasteiger partial charge is 0.132 e. The van der Waals surface area contributed by atoms with Crippen LogP contribution in [0.1, 0.15) is 22.3 Å². The van der Waals surface area contributed by atoms with Gasteiger partial charge in [-0.25, -0.2) is 0 Å². The molecule has 0 bridgehead atoms. The fraction of sp³-hybridized carbons (Fsp3) is 0.0204. The van der Waals surface area contributed by atoms with Crippen LogP contribution in [0.3, 0.4) is 0 Å². The van der Waals surface area contributed by atoms with Gasteiger partial charge >= 0.3 is 0 Å². The van der Waals surface area contributed by atoms with Crippen LogP contribution < -0.4 is 9.64 Å². The summed E-state index contributed by atoms with van der Waals surface area (Å²) in [5.74, 6) is 1.79. The Balaban J connectivity index is 1.24. The van der Waals surface area contributed by atoms with Crippen molar-refractivity contribution in [3.8, 4) is 44.9 Å². The summed E-state index contributed by atoms with van der Waals surface area (Å²) < 4.78 is 6.61. The number of para-hydroxylation sites is 2. The molecule has 0 aromatic heterocycles. The average molecular weight is 652 g/mol. The number of fused-ring (bicyclic) bond motifs is 9. The first kappa shape index (κ1) is 29.3. The lowest BCUT2D eigenvalue weighted by Gasteiger charge is -2.39. The number of nitrogens with zero attached hydrogens (tertiary/aromatic N) is 1. The maximum atomic E-state index is 6.61. The molecule has 1 aliphatic carbocycles. The molecular formula is C49H33NO. The summed E-state index contributed by atoms with van der Waals surface area (Å²) in [6, 6.07) is 72.1. The summed E-state index contributed by atoms with van der Waals surface area (Å²) >= 11 is 0. The highest BCUT2D eigenvalue weighted by Crippen LogP contribution is 2.62. The van der Waals surface area contributed by atoms with Crippen LogP contribution >= 0.6 is 0 Å². The molecule has 51 heavy (non-hydrogen) atoms. The minimum atomic E-state index is -0.545. The molecule has 10 rings (SSSR count). The van der Waals surface area contributed by atoms with Gasteiger partial charge in [-0.1, -0.05) is 152 Å². The van der Waals surface area contributed by atoms with Crippen molar-refractivity contribution in [2.24, 2.45) is 0 Å². The Bertz CT molecular complexity index is 2440. The number of hydrogen-bond acceptors (Lipinski definition) is 2. The molecule has 1 spiro atoms. The van der Waals surface area contributed by atoms with Gasteiger partial charge in [0.2, 0.25) is 0 Å². The first-order valence-corrected chi connectivity index (χ1v) is 17.5. The predicted octanol–water partition coefficient (Wildman–Crippen LogP) is 13.0. The second-order valence-electron chi connectivity index (χ2n) is 13.3. The first-order valence-electron chi connectivity index (χ1n) is 17.5. The molecular weight excluding hydrogens is 619 g/mol. The minimum absolute atomic E-state index is 0.545. The molecule has 0 saturated heterocycles. The van der Waals surface area contributed by atoms with Gasteiger partial charge in [0.15, 0.2) is 0 Å². The van der Waals surface area contributed by atoms with E-state index in [0.29, 0.717) is 0 Å². The van der Waals surface area contributed by atoms with Gasteiger partial charge < -0.3 is 9.64 Å². The van der Waals surface area contributed by atoms with E-state index in [0.717, 1.165) is 39.7 Å². The Labute approximate surface area is 298 Å². The van der Waals surface area contributed by atoms with Crippen LogP contribution in [0.5, 0.6) is 11.5 Å². The van der Waals surface area contributed by atoms with Crippen molar-refractivity contribution in [2.45, 2.75) is 5.41 Å². The normalized spacial score (nSPS) is 13.0. The summed E-state index contributed by atoms with van der Waals surface area (Å²) in [5.41, 5.74) is 14.8. The van der Waals surface area contributed by atoms with Gasteiger partial charge in [0.05, 0.1) is 5.41 Å². The molecule has 0 atom stereocenters. The first-order chi connectivity index (χ1) is 25.3. The molecule has 240 valence electrons. The van der Waals surface area contributed by atoms with E-state index in [9.17, 15) is 0 Å². The van der Waals surface area contributed by atoms with Crippen LogP contribution in [0.2, 0.25) is 0 Å². The second-order valence-corrected chi connectivity index (χ2v) is 13.3. The molecule has 0 radical (unpaired) electrons. The van der Waals surface area contributed by atoms with Crippen molar-refractivity contribution in [3.63, 3.8) is 0 Å². The van der Waals surface area contributed by atoms with Crippen LogP contribution in [-0.2, 0) is 5.41 Å². The average Bonchev–Trinajstić information content (AvgIpc) is 3.49. The van der Waals surface area contributed by atoms with E-state index in [2.05, 4.69) is 205 Å². The maximum absolute atomic E-state index is 6.61. The molecule has 0 unspecified atom stereocenters. The second kappa shape index (κ2) is 11.8. The lowest BCUT2D eigenvalue weighted by Crippen LogP contribution is -2.32. The summed E-state index contributed by atoms with van der Waals surface area (Å²) in [4.78, 5) is 2.41. The lowest BCUT2D eigenvalue weighted by molar-refractivity contribution is 0.436. The van der Waals surface area contributed by atoms with Gasteiger partial charge in [0, 0.05) is 28.2 Å². The van der Waals surface area contributed by atoms with Crippen molar-refractivity contribution in [1.29, 1.82) is 0 Å². The quantitative estimate of drug-likeness (QED) is 0.184. The highest BCUT2D eigenvalue weighted by atomic mass is 16.5. The zero-order chi connectivity index (χ0) is 33.8. The standard InChI is InChI=1S/C49H33NO/c1-3-15-34(16-4-1)36-19-13-21-38(31-36)50(39-22-14-20-37(32-39)35-17-5-2-6-18-35)40-29-30-42-41-23-7-8-24-43(41)49(46(42)33-40)44-25-9-11-27-47(44)51-48-28-12-10-26-45(48)49/h1-33H. The van der Waals surface area contributed by atoms with Crippen molar-refractivity contribution in [3.05, 3.63) is 222 Å². The SMILES string of the molecule is c1ccc(-c2cccc(N(c3cccc(-c4ccccc4)c3)c3ccc4c(c3)C3(c5ccccc5Oc5ccccc53)c3ccccc3-4)c2)cc1. The highest BCUT2D eigenvalue weighted by Gasteiger charge is 2.51. The molecule has 2 heteroatoms. The van der Waals surface area contributed by atoms with E-state index in [1.807, 2.05) is 0 Å². The van der Waals surface area contributed by atoms with E-state index in [4.69, 9.17) is 4.74 Å². The van der Waals surface area contributed by atoms with Gasteiger partial charge in [-0.15, -0.1) is 0 Å². The van der Waals surface area contributed by atoms with Crippen LogP contribution in [0.25, 0.3) is 33.4 Å². The van der Waals surface area contributed by atoms with Crippen molar-refractivity contribution in [1.82, 2.24) is 0 Å². The van der Waals surface area contributed by atoms with E-state index in [1.54, 1.807) is 0 Å². The van der Waals surface area contributed by atoms with Crippen molar-refractivity contribution in [2.75, 3.05) is 4.90 Å². The molecule has 1 heterocycles. The Morgan fingerprint density at radius 2 is 0.765 bits per heavy atom. The number of benzene rings is 8. The third kappa shape index (κ3) is 4.57. The zero-order valence-corrected chi connectivity index (χ0v) is 27.9. The molecule has 0 saturated carbocycles. The van der Waals surface area contributed by atoms with Gasteiger partial charge in [-0.3, -0.25) is 0 Å². The van der Waals surface area contributed by atoms with Gasteiger partial charge in [-0.2, -0.15) is 0 Å². The van der Waals surface area contributed by atoms with Crippen LogP contribution in [0, 0.1) is 0 Å². The van der Waals surface area contributed by atoms with Gasteiger partial charge in [0.1, 0.15) is 11.5 Å². The summed E-state index contributed by atoms with van der Waals surface area (Å²) in [6.45, 7) is 0. The molecule has 2 aliphatic rings. The Morgan fingerprint density at radius 1 is 0.314 bits per heavy atom. The number of rotatable bonds is 5. The van der Waals surface area contributed by atoms with Crippen molar-refractivity contribution >= 4 is 17.1 Å². The molecule has 8 aromatic rings. The molecule has 1 aliphatic heterocycles. The van der Waals surface area contributed by atoms with Crippen LogP contribution in [0.15, 0.2) is 200 Å². The largest absolute Gasteiger partial charge is 0.457 e. The van der Waals surface area contributed by atoms with E-state index in [-0.39, 0.29) is 0 Å². The fourth-order valence-electron chi connectivity index (χ4n) is 8.34. The van der Waals surface area contributed by atoms with Gasteiger partial charge in [-0.05, 0) is 93.0 Å². The Hall–Kier alpha value is -6.64. The van der Waals surface area contributed by atoms with E-state index in [1.165, 1.54) is 44.5 Å². The van der Waals surface area contributed by atoms with E-state index >= 15 is 0 Å². The molecule has 0 N–H and O–H groups in total. The van der Waals surface area contributed by atoms with Crippen LogP contribution in [0.4, 0.5) is 17.1 Å². The summed E-state index contributed by atoms with van der Waals surface area (Å²) in [5, 5.41) is 0. The zero-order valence-electron chi connectivity index (χ0n) is 27.9. The lowest BCUT2D eigenvalue weighted by atomic mass is 9.66. The maximum Gasteiger partial charge on any atom is 0.132 e. The molecule has 2 nitrogen and oxygen atoms in total. The van der Waals surface area contributed by atoms with Crippen molar-refractivity contribution < 1.29 is 4.74 Å². The third-order valence-corrected chi connectivity index (χ3v) is 10.5. The minimum Gasteiger partial charge on any atom is -0.457 e. The molecule has 0 fully saturated rings. The number of ether oxygens (including phenoxy) is 1. The predicted molar refractivity (Wildman–Crippen MR) is 209 cm³/mol. The summed E-state index contributed by atoms with van der Waals surface area (Å²) in [6.07, 6.45) is 0.